The Hall–Kier alpha value is -5.27. The fourth-order valence-corrected chi connectivity index (χ4v) is 6.53. The fourth-order valence-electron chi connectivity index (χ4n) is 6.53. The average molecular weight is 710 g/mol. The van der Waals surface area contributed by atoms with Crippen molar-refractivity contribution < 1.29 is 28.6 Å². The van der Waals surface area contributed by atoms with E-state index in [0.717, 1.165) is 75.7 Å². The largest absolute Gasteiger partial charge is 0.453 e. The van der Waals surface area contributed by atoms with Gasteiger partial charge in [0.05, 0.1) is 49.4 Å². The molecule has 3 unspecified atom stereocenters. The number of rotatable bonds is 14. The Balaban J connectivity index is 1.15. The van der Waals surface area contributed by atoms with Gasteiger partial charge in [-0.15, -0.1) is 0 Å². The molecule has 0 radical (unpaired) electrons. The van der Waals surface area contributed by atoms with Crippen molar-refractivity contribution in [1.29, 1.82) is 0 Å². The summed E-state index contributed by atoms with van der Waals surface area (Å²) in [6.07, 6.45) is 4.72. The molecule has 0 saturated carbocycles. The van der Waals surface area contributed by atoms with E-state index in [1.165, 1.54) is 14.2 Å². The average Bonchev–Trinajstić information content (AvgIpc) is 3.83. The van der Waals surface area contributed by atoms with Crippen LogP contribution in [0.2, 0.25) is 0 Å². The smallest absolute Gasteiger partial charge is 0.407 e. The van der Waals surface area contributed by atoms with Gasteiger partial charge in [-0.3, -0.25) is 9.59 Å². The van der Waals surface area contributed by atoms with Crippen LogP contribution >= 0.6 is 0 Å². The van der Waals surface area contributed by atoms with E-state index in [9.17, 15) is 14.4 Å². The van der Waals surface area contributed by atoms with Gasteiger partial charge >= 0.3 is 6.09 Å². The Bertz CT molecular complexity index is 2020. The number of carbonyl (C=O) groups excluding carboxylic acids is 3. The van der Waals surface area contributed by atoms with Crippen molar-refractivity contribution in [1.82, 2.24) is 35.5 Å². The number of hydrogen-bond donors (Lipinski definition) is 4. The molecule has 4 N–H and O–H groups in total. The van der Waals surface area contributed by atoms with Crippen LogP contribution in [-0.2, 0) is 30.2 Å². The van der Waals surface area contributed by atoms with Crippen molar-refractivity contribution in [2.75, 3.05) is 40.5 Å². The van der Waals surface area contributed by atoms with Crippen LogP contribution < -0.4 is 10.6 Å². The number of alkyl carbamates (subject to hydrolysis) is 1. The second kappa shape index (κ2) is 16.8. The van der Waals surface area contributed by atoms with Crippen LogP contribution in [0, 0.1) is 0 Å². The molecule has 0 bridgehead atoms. The molecule has 3 amide bonds. The maximum atomic E-state index is 13.8. The highest BCUT2D eigenvalue weighted by Crippen LogP contribution is 2.31. The highest BCUT2D eigenvalue weighted by molar-refractivity contribution is 5.92. The number of unbranched alkanes of at least 4 members (excludes halogenated alkanes) is 1. The summed E-state index contributed by atoms with van der Waals surface area (Å²) in [4.78, 5) is 55.4. The Kier molecular flexibility index (Phi) is 11.8. The molecule has 52 heavy (non-hydrogen) atoms. The number of carbonyl (C=O) groups is 3. The summed E-state index contributed by atoms with van der Waals surface area (Å²) < 4.78 is 15.9. The maximum Gasteiger partial charge on any atom is 0.407 e. The van der Waals surface area contributed by atoms with Crippen LogP contribution in [0.3, 0.4) is 0 Å². The Morgan fingerprint density at radius 2 is 1.75 bits per heavy atom. The van der Waals surface area contributed by atoms with E-state index in [4.69, 9.17) is 19.2 Å². The van der Waals surface area contributed by atoms with Gasteiger partial charge in [0.25, 0.3) is 0 Å². The van der Waals surface area contributed by atoms with E-state index in [2.05, 4.69) is 68.1 Å². The van der Waals surface area contributed by atoms with Crippen molar-refractivity contribution in [3.05, 3.63) is 72.4 Å². The first-order valence-electron chi connectivity index (χ1n) is 17.9. The lowest BCUT2D eigenvalue weighted by molar-refractivity contribution is -0.145. The Morgan fingerprint density at radius 3 is 2.52 bits per heavy atom. The SMILES string of the molecule is CCCC(=O)NCCCCc1ncc(-c2ccc3cc(-c4ccc5nc(C6COCCN6C(=O)C(NC(=O)OC)C(C)OC)[nH]c5c4)ccc3c2)[nH]1. The molecule has 13 heteroatoms. The highest BCUT2D eigenvalue weighted by Gasteiger charge is 2.38. The van der Waals surface area contributed by atoms with E-state index in [1.54, 1.807) is 11.8 Å². The number of aromatic nitrogens is 4. The molecule has 2 aromatic heterocycles. The number of morpholine rings is 1. The monoisotopic (exact) mass is 709 g/mol. The van der Waals surface area contributed by atoms with Crippen LogP contribution in [0.15, 0.2) is 60.8 Å². The molecule has 274 valence electrons. The van der Waals surface area contributed by atoms with Gasteiger partial charge < -0.3 is 39.7 Å². The lowest BCUT2D eigenvalue weighted by Gasteiger charge is -2.37. The zero-order valence-corrected chi connectivity index (χ0v) is 30.2. The normalized spacial score (nSPS) is 15.8. The number of H-pyrrole nitrogens is 2. The minimum atomic E-state index is -0.942. The number of imidazole rings is 2. The van der Waals surface area contributed by atoms with Crippen LogP contribution in [-0.4, -0.2) is 95.4 Å². The molecule has 3 heterocycles. The predicted molar refractivity (Wildman–Crippen MR) is 199 cm³/mol. The van der Waals surface area contributed by atoms with E-state index in [-0.39, 0.29) is 18.4 Å². The van der Waals surface area contributed by atoms with Crippen molar-refractivity contribution in [2.24, 2.45) is 0 Å². The van der Waals surface area contributed by atoms with Crippen molar-refractivity contribution in [3.63, 3.8) is 0 Å². The number of aryl methyl sites for hydroxylation is 1. The van der Waals surface area contributed by atoms with E-state index in [1.807, 2.05) is 25.3 Å². The number of ether oxygens (including phenoxy) is 3. The highest BCUT2D eigenvalue weighted by atomic mass is 16.5. The molecule has 1 saturated heterocycles. The van der Waals surface area contributed by atoms with Crippen molar-refractivity contribution >= 4 is 39.7 Å². The molecule has 0 spiro atoms. The zero-order valence-electron chi connectivity index (χ0n) is 30.2. The van der Waals surface area contributed by atoms with Crippen molar-refractivity contribution in [2.45, 2.75) is 64.1 Å². The van der Waals surface area contributed by atoms with E-state index >= 15 is 0 Å². The molecular formula is C39H47N7O6. The van der Waals surface area contributed by atoms with Gasteiger partial charge in [-0.25, -0.2) is 14.8 Å². The number of fused-ring (bicyclic) bond motifs is 2. The van der Waals surface area contributed by atoms with Crippen LogP contribution in [0.1, 0.15) is 57.2 Å². The van der Waals surface area contributed by atoms with Crippen LogP contribution in [0.5, 0.6) is 0 Å². The number of nitrogens with one attached hydrogen (secondary N) is 4. The first kappa shape index (κ1) is 36.5. The van der Waals surface area contributed by atoms with Gasteiger partial charge in [-0.2, -0.15) is 0 Å². The second-order valence-corrected chi connectivity index (χ2v) is 13.1. The molecule has 5 aromatic rings. The van der Waals surface area contributed by atoms with Gasteiger partial charge in [-0.05, 0) is 72.4 Å². The van der Waals surface area contributed by atoms with Gasteiger partial charge in [0.1, 0.15) is 23.7 Å². The lowest BCUT2D eigenvalue weighted by Crippen LogP contribution is -2.57. The Labute approximate surface area is 302 Å². The number of hydrogen-bond acceptors (Lipinski definition) is 8. The van der Waals surface area contributed by atoms with Crippen molar-refractivity contribution in [3.8, 4) is 22.4 Å². The quantitative estimate of drug-likeness (QED) is 0.107. The Morgan fingerprint density at radius 1 is 1.00 bits per heavy atom. The van der Waals surface area contributed by atoms with Gasteiger partial charge in [0, 0.05) is 38.6 Å². The summed E-state index contributed by atoms with van der Waals surface area (Å²) in [5.41, 5.74) is 5.75. The summed E-state index contributed by atoms with van der Waals surface area (Å²) in [6, 6.07) is 17.5. The van der Waals surface area contributed by atoms with Crippen LogP contribution in [0.4, 0.5) is 4.79 Å². The summed E-state index contributed by atoms with van der Waals surface area (Å²) in [5, 5.41) is 7.82. The number of amides is 3. The maximum absolute atomic E-state index is 13.8. The molecule has 6 rings (SSSR count). The summed E-state index contributed by atoms with van der Waals surface area (Å²) in [7, 11) is 2.74. The van der Waals surface area contributed by atoms with E-state index < -0.39 is 24.3 Å². The van der Waals surface area contributed by atoms with Gasteiger partial charge in [0.15, 0.2) is 0 Å². The number of benzene rings is 3. The fraction of sp³-hybridized carbons (Fsp3) is 0.410. The summed E-state index contributed by atoms with van der Waals surface area (Å²) in [5.74, 6) is 1.36. The third-order valence-corrected chi connectivity index (χ3v) is 9.55. The minimum Gasteiger partial charge on any atom is -0.453 e. The van der Waals surface area contributed by atoms with E-state index in [0.29, 0.717) is 31.9 Å². The number of nitrogens with zero attached hydrogens (tertiary/aromatic N) is 3. The third-order valence-electron chi connectivity index (χ3n) is 9.55. The molecule has 3 atom stereocenters. The first-order chi connectivity index (χ1) is 25.3. The summed E-state index contributed by atoms with van der Waals surface area (Å²) >= 11 is 0. The number of aromatic amines is 2. The van der Waals surface area contributed by atoms with Gasteiger partial charge in [-0.1, -0.05) is 37.3 Å². The molecular weight excluding hydrogens is 662 g/mol. The standard InChI is InChI=1S/C39H47N7O6/c1-5-8-35(47)40-16-7-6-9-34-41-22-32(42-34)29-13-12-25-19-26(10-11-27(25)20-29)28-14-15-30-31(21-28)44-37(43-30)33-23-52-18-17-46(33)38(48)36(24(2)50-3)45-39(49)51-4/h10-15,19-22,24,33,36H,5-9,16-18,23H2,1-4H3,(H,40,47)(H,41,42)(H,43,44)(H,45,49). The molecule has 3 aromatic carbocycles. The molecule has 1 aliphatic heterocycles. The first-order valence-corrected chi connectivity index (χ1v) is 17.9. The third kappa shape index (κ3) is 8.43. The van der Waals surface area contributed by atoms with Gasteiger partial charge in [0.2, 0.25) is 11.8 Å². The second-order valence-electron chi connectivity index (χ2n) is 13.1. The predicted octanol–water partition coefficient (Wildman–Crippen LogP) is 5.67. The van der Waals surface area contributed by atoms with Crippen LogP contribution in [0.25, 0.3) is 44.2 Å². The molecule has 1 fully saturated rings. The molecule has 1 aliphatic rings. The topological polar surface area (TPSA) is 164 Å². The molecule has 13 nitrogen and oxygen atoms in total. The zero-order chi connectivity index (χ0) is 36.6. The summed E-state index contributed by atoms with van der Waals surface area (Å²) in [6.45, 7) is 5.39. The molecule has 0 aliphatic carbocycles. The lowest BCUT2D eigenvalue weighted by atomic mass is 9.99. The minimum absolute atomic E-state index is 0.119. The number of methoxy groups -OCH3 is 2.